The predicted octanol–water partition coefficient (Wildman–Crippen LogP) is 4.00. The molecule has 1 aliphatic heterocycles. The van der Waals surface area contributed by atoms with Crippen LogP contribution < -0.4 is 5.32 Å². The van der Waals surface area contributed by atoms with Gasteiger partial charge in [0, 0.05) is 42.3 Å². The summed E-state index contributed by atoms with van der Waals surface area (Å²) in [6, 6.07) is 18.9. The number of aromatic amines is 1. The molecule has 1 amide bonds. The Morgan fingerprint density at radius 1 is 1.14 bits per heavy atom. The van der Waals surface area contributed by atoms with Crippen LogP contribution in [0, 0.1) is 0 Å². The molecule has 28 heavy (non-hydrogen) atoms. The zero-order valence-corrected chi connectivity index (χ0v) is 16.1. The molecule has 0 bridgehead atoms. The summed E-state index contributed by atoms with van der Waals surface area (Å²) in [7, 11) is 0. The van der Waals surface area contributed by atoms with Crippen LogP contribution >= 0.6 is 0 Å². The fourth-order valence-corrected chi connectivity index (χ4v) is 3.95. The minimum atomic E-state index is -0.0137. The van der Waals surface area contributed by atoms with Crippen molar-refractivity contribution in [1.82, 2.24) is 15.2 Å². The van der Waals surface area contributed by atoms with Gasteiger partial charge in [-0.15, -0.1) is 0 Å². The first-order valence-electron chi connectivity index (χ1n) is 10.1. The predicted molar refractivity (Wildman–Crippen MR) is 115 cm³/mol. The number of para-hydroxylation sites is 1. The van der Waals surface area contributed by atoms with Crippen LogP contribution in [-0.2, 0) is 11.2 Å². The number of nitrogens with one attached hydrogen (secondary N) is 2. The highest BCUT2D eigenvalue weighted by Gasteiger charge is 2.20. The summed E-state index contributed by atoms with van der Waals surface area (Å²) in [4.78, 5) is 18.1. The number of piperidine rings is 1. The van der Waals surface area contributed by atoms with Gasteiger partial charge in [0.1, 0.15) is 0 Å². The zero-order chi connectivity index (χ0) is 19.2. The first-order valence-corrected chi connectivity index (χ1v) is 10.1. The highest BCUT2D eigenvalue weighted by Crippen LogP contribution is 2.19. The van der Waals surface area contributed by atoms with Gasteiger partial charge in [-0.3, -0.25) is 4.79 Å². The van der Waals surface area contributed by atoms with Gasteiger partial charge in [-0.25, -0.2) is 0 Å². The molecule has 144 valence electrons. The van der Waals surface area contributed by atoms with Crippen molar-refractivity contribution in [3.8, 4) is 0 Å². The fourth-order valence-electron chi connectivity index (χ4n) is 3.95. The van der Waals surface area contributed by atoms with E-state index in [0.717, 1.165) is 55.4 Å². The third-order valence-corrected chi connectivity index (χ3v) is 5.45. The number of amides is 1. The quantitative estimate of drug-likeness (QED) is 0.642. The molecule has 3 aromatic rings. The Labute approximate surface area is 166 Å². The summed E-state index contributed by atoms with van der Waals surface area (Å²) in [6.45, 7) is 3.09. The maximum atomic E-state index is 12.4. The number of aromatic nitrogens is 1. The van der Waals surface area contributed by atoms with E-state index < -0.39 is 0 Å². The van der Waals surface area contributed by atoms with Crippen LogP contribution in [0.3, 0.4) is 0 Å². The molecule has 4 rings (SSSR count). The van der Waals surface area contributed by atoms with E-state index >= 15 is 0 Å². The van der Waals surface area contributed by atoms with Crippen molar-refractivity contribution < 1.29 is 4.79 Å². The van der Waals surface area contributed by atoms with E-state index in [-0.39, 0.29) is 11.9 Å². The highest BCUT2D eigenvalue weighted by atomic mass is 16.1. The Morgan fingerprint density at radius 2 is 1.96 bits per heavy atom. The maximum absolute atomic E-state index is 12.4. The van der Waals surface area contributed by atoms with Crippen LogP contribution in [0.4, 0.5) is 0 Å². The molecule has 2 heterocycles. The number of hydrogen-bond acceptors (Lipinski definition) is 2. The van der Waals surface area contributed by atoms with E-state index in [2.05, 4.69) is 51.6 Å². The molecular formula is C24H27N3O. The van der Waals surface area contributed by atoms with Gasteiger partial charge < -0.3 is 15.2 Å². The van der Waals surface area contributed by atoms with Gasteiger partial charge in [-0.2, -0.15) is 0 Å². The lowest BCUT2D eigenvalue weighted by Gasteiger charge is -2.33. The maximum Gasteiger partial charge on any atom is 0.244 e. The Morgan fingerprint density at radius 3 is 2.86 bits per heavy atom. The molecule has 2 N–H and O–H groups in total. The van der Waals surface area contributed by atoms with Crippen molar-refractivity contribution in [1.29, 1.82) is 0 Å². The number of carbonyl (C=O) groups is 1. The molecule has 0 saturated carbocycles. The Hall–Kier alpha value is -2.85. The van der Waals surface area contributed by atoms with Gasteiger partial charge in [0.2, 0.25) is 5.91 Å². The SMILES string of the molecule is O=C(/C=C/c1c[nH]c2ccccc12)NC1CCCN(CCc2ccccc2)C1. The third-order valence-electron chi connectivity index (χ3n) is 5.45. The lowest BCUT2D eigenvalue weighted by Crippen LogP contribution is -2.47. The van der Waals surface area contributed by atoms with Crippen LogP contribution in [0.25, 0.3) is 17.0 Å². The number of H-pyrrole nitrogens is 1. The smallest absolute Gasteiger partial charge is 0.244 e. The molecular weight excluding hydrogens is 346 g/mol. The topological polar surface area (TPSA) is 48.1 Å². The molecule has 0 aliphatic carbocycles. The molecule has 1 fully saturated rings. The van der Waals surface area contributed by atoms with Gasteiger partial charge >= 0.3 is 0 Å². The Bertz CT molecular complexity index is 945. The Balaban J connectivity index is 1.29. The van der Waals surface area contributed by atoms with Gasteiger partial charge in [-0.05, 0) is 49.1 Å². The van der Waals surface area contributed by atoms with E-state index in [1.165, 1.54) is 5.56 Å². The van der Waals surface area contributed by atoms with Gasteiger partial charge in [0.05, 0.1) is 0 Å². The van der Waals surface area contributed by atoms with Gasteiger partial charge in [0.25, 0.3) is 0 Å². The molecule has 1 saturated heterocycles. The normalized spacial score (nSPS) is 17.9. The number of nitrogens with zero attached hydrogens (tertiary/aromatic N) is 1. The summed E-state index contributed by atoms with van der Waals surface area (Å²) in [5, 5.41) is 4.32. The second-order valence-electron chi connectivity index (χ2n) is 7.51. The van der Waals surface area contributed by atoms with Crippen LogP contribution in [0.15, 0.2) is 66.9 Å². The standard InChI is InChI=1S/C24H27N3O/c28-24(13-12-20-17-25-23-11-5-4-10-22(20)23)26-21-9-6-15-27(18-21)16-14-19-7-2-1-3-8-19/h1-5,7-8,10-13,17,21,25H,6,9,14-16,18H2,(H,26,28)/b13-12+. The monoisotopic (exact) mass is 373 g/mol. The van der Waals surface area contributed by atoms with Crippen LogP contribution in [0.1, 0.15) is 24.0 Å². The van der Waals surface area contributed by atoms with Crippen LogP contribution in [-0.4, -0.2) is 41.5 Å². The van der Waals surface area contributed by atoms with Crippen molar-refractivity contribution in [2.24, 2.45) is 0 Å². The Kier molecular flexibility index (Phi) is 5.88. The second kappa shape index (κ2) is 8.89. The molecule has 1 atom stereocenters. The van der Waals surface area contributed by atoms with E-state index in [0.29, 0.717) is 0 Å². The average molecular weight is 374 g/mol. The fraction of sp³-hybridized carbons (Fsp3) is 0.292. The summed E-state index contributed by atoms with van der Waals surface area (Å²) < 4.78 is 0. The van der Waals surface area contributed by atoms with E-state index in [9.17, 15) is 4.79 Å². The third kappa shape index (κ3) is 4.70. The van der Waals surface area contributed by atoms with Crippen molar-refractivity contribution in [2.45, 2.75) is 25.3 Å². The minimum absolute atomic E-state index is 0.0137. The molecule has 0 spiro atoms. The van der Waals surface area contributed by atoms with Gasteiger partial charge in [0.15, 0.2) is 0 Å². The van der Waals surface area contributed by atoms with Crippen molar-refractivity contribution >= 4 is 22.9 Å². The number of likely N-dealkylation sites (tertiary alicyclic amines) is 1. The number of rotatable bonds is 6. The number of hydrogen-bond donors (Lipinski definition) is 2. The van der Waals surface area contributed by atoms with E-state index in [1.807, 2.05) is 30.5 Å². The molecule has 2 aromatic carbocycles. The largest absolute Gasteiger partial charge is 0.361 e. The minimum Gasteiger partial charge on any atom is -0.361 e. The van der Waals surface area contributed by atoms with Crippen molar-refractivity contribution in [3.63, 3.8) is 0 Å². The lowest BCUT2D eigenvalue weighted by molar-refractivity contribution is -0.117. The molecule has 4 heteroatoms. The summed E-state index contributed by atoms with van der Waals surface area (Å²) in [6.07, 6.45) is 8.73. The van der Waals surface area contributed by atoms with Crippen LogP contribution in [0.2, 0.25) is 0 Å². The first kappa shape index (κ1) is 18.5. The average Bonchev–Trinajstić information content (AvgIpc) is 3.15. The molecule has 0 radical (unpaired) electrons. The summed E-state index contributed by atoms with van der Waals surface area (Å²) >= 11 is 0. The van der Waals surface area contributed by atoms with Crippen molar-refractivity contribution in [2.75, 3.05) is 19.6 Å². The summed E-state index contributed by atoms with van der Waals surface area (Å²) in [5.41, 5.74) is 3.50. The molecule has 4 nitrogen and oxygen atoms in total. The molecule has 1 aromatic heterocycles. The molecule has 1 unspecified atom stereocenters. The highest BCUT2D eigenvalue weighted by molar-refractivity contribution is 5.96. The van der Waals surface area contributed by atoms with Crippen molar-refractivity contribution in [3.05, 3.63) is 78.0 Å². The summed E-state index contributed by atoms with van der Waals surface area (Å²) in [5.74, 6) is -0.0137. The second-order valence-corrected chi connectivity index (χ2v) is 7.51. The van der Waals surface area contributed by atoms with Gasteiger partial charge in [-0.1, -0.05) is 48.5 Å². The lowest BCUT2D eigenvalue weighted by atomic mass is 10.0. The number of fused-ring (bicyclic) bond motifs is 1. The zero-order valence-electron chi connectivity index (χ0n) is 16.1. The number of benzene rings is 2. The molecule has 1 aliphatic rings. The first-order chi connectivity index (χ1) is 13.8. The van der Waals surface area contributed by atoms with Crippen LogP contribution in [0.5, 0.6) is 0 Å². The number of carbonyl (C=O) groups excluding carboxylic acids is 1. The van der Waals surface area contributed by atoms with E-state index in [4.69, 9.17) is 0 Å². The van der Waals surface area contributed by atoms with E-state index in [1.54, 1.807) is 6.08 Å².